The molecular weight excluding hydrogens is 278 g/mol. The van der Waals surface area contributed by atoms with E-state index in [0.29, 0.717) is 0 Å². The van der Waals surface area contributed by atoms with Crippen LogP contribution in [-0.4, -0.2) is 0 Å². The fourth-order valence-electron chi connectivity index (χ4n) is 2.83. The summed E-state index contributed by atoms with van der Waals surface area (Å²) < 4.78 is 0. The van der Waals surface area contributed by atoms with E-state index in [1.165, 1.54) is 27.8 Å². The lowest BCUT2D eigenvalue weighted by molar-refractivity contribution is 0.961. The first-order chi connectivity index (χ1) is 11.2. The van der Waals surface area contributed by atoms with Crippen LogP contribution in [0.1, 0.15) is 23.6 Å². The summed E-state index contributed by atoms with van der Waals surface area (Å²) >= 11 is 0. The van der Waals surface area contributed by atoms with Gasteiger partial charge in [0.15, 0.2) is 0 Å². The second kappa shape index (κ2) is 7.15. The smallest absolute Gasteiger partial charge is 0.0316 e. The Morgan fingerprint density at radius 1 is 0.652 bits per heavy atom. The molecule has 0 unspecified atom stereocenters. The molecule has 0 saturated carbocycles. The van der Waals surface area contributed by atoms with Gasteiger partial charge in [0.1, 0.15) is 0 Å². The second-order valence-electron chi connectivity index (χ2n) is 5.99. The maximum absolute atomic E-state index is 5.83. The van der Waals surface area contributed by atoms with Gasteiger partial charge in [0, 0.05) is 5.69 Å². The van der Waals surface area contributed by atoms with Gasteiger partial charge in [-0.3, -0.25) is 0 Å². The molecule has 23 heavy (non-hydrogen) atoms. The lowest BCUT2D eigenvalue weighted by atomic mass is 9.99. The Morgan fingerprint density at radius 2 is 1.22 bits per heavy atom. The van der Waals surface area contributed by atoms with Crippen molar-refractivity contribution in [2.24, 2.45) is 0 Å². The lowest BCUT2D eigenvalue weighted by Crippen LogP contribution is -1.93. The van der Waals surface area contributed by atoms with E-state index in [1.54, 1.807) is 0 Å². The van der Waals surface area contributed by atoms with Crippen LogP contribution in [0.5, 0.6) is 0 Å². The van der Waals surface area contributed by atoms with Crippen molar-refractivity contribution >= 4 is 5.69 Å². The van der Waals surface area contributed by atoms with Crippen molar-refractivity contribution < 1.29 is 0 Å². The van der Waals surface area contributed by atoms with E-state index in [2.05, 4.69) is 67.6 Å². The maximum Gasteiger partial charge on any atom is 0.0316 e. The first-order valence-corrected chi connectivity index (χ1v) is 8.27. The van der Waals surface area contributed by atoms with Crippen LogP contribution in [0.4, 0.5) is 5.69 Å². The van der Waals surface area contributed by atoms with E-state index in [1.807, 2.05) is 12.1 Å². The summed E-state index contributed by atoms with van der Waals surface area (Å²) in [5.41, 5.74) is 13.3. The highest BCUT2D eigenvalue weighted by molar-refractivity contribution is 5.64. The number of aryl methyl sites for hydroxylation is 3. The predicted octanol–water partition coefficient (Wildman–Crippen LogP) is 5.28. The van der Waals surface area contributed by atoms with Gasteiger partial charge >= 0.3 is 0 Å². The van der Waals surface area contributed by atoms with Crippen LogP contribution in [0.2, 0.25) is 0 Å². The summed E-state index contributed by atoms with van der Waals surface area (Å²) in [7, 11) is 0. The van der Waals surface area contributed by atoms with Crippen LogP contribution in [0.25, 0.3) is 11.1 Å². The summed E-state index contributed by atoms with van der Waals surface area (Å²) in [6, 6.07) is 25.9. The highest BCUT2D eigenvalue weighted by Crippen LogP contribution is 2.21. The van der Waals surface area contributed by atoms with Crippen LogP contribution < -0.4 is 5.73 Å². The molecule has 0 spiro atoms. The Balaban J connectivity index is 1.66. The molecule has 1 heteroatoms. The Labute approximate surface area is 138 Å². The molecule has 0 amide bonds. The van der Waals surface area contributed by atoms with E-state index in [0.717, 1.165) is 24.9 Å². The molecule has 0 aliphatic heterocycles. The molecular formula is C22H23N. The zero-order chi connectivity index (χ0) is 16.1. The van der Waals surface area contributed by atoms with Gasteiger partial charge in [-0.05, 0) is 59.2 Å². The van der Waals surface area contributed by atoms with Crippen LogP contribution >= 0.6 is 0 Å². The van der Waals surface area contributed by atoms with Crippen LogP contribution in [-0.2, 0) is 19.3 Å². The molecule has 0 aliphatic rings. The molecule has 0 fully saturated rings. The minimum atomic E-state index is 0.841. The average Bonchev–Trinajstić information content (AvgIpc) is 2.61. The number of nitrogens with two attached hydrogens (primary N) is 1. The number of hydrogen-bond acceptors (Lipinski definition) is 1. The molecule has 0 heterocycles. The molecule has 0 saturated heterocycles. The van der Waals surface area contributed by atoms with Crippen molar-refractivity contribution in [2.75, 3.05) is 5.73 Å². The predicted molar refractivity (Wildman–Crippen MR) is 99.5 cm³/mol. The molecule has 116 valence electrons. The fraction of sp³-hybridized carbons (Fsp3) is 0.182. The quantitative estimate of drug-likeness (QED) is 0.637. The van der Waals surface area contributed by atoms with Gasteiger partial charge in [-0.25, -0.2) is 0 Å². The van der Waals surface area contributed by atoms with Crippen LogP contribution in [0, 0.1) is 0 Å². The Bertz CT molecular complexity index is 755. The van der Waals surface area contributed by atoms with Crippen LogP contribution in [0.3, 0.4) is 0 Å². The molecule has 0 radical (unpaired) electrons. The Hall–Kier alpha value is -2.54. The second-order valence-corrected chi connectivity index (χ2v) is 5.99. The van der Waals surface area contributed by atoms with E-state index >= 15 is 0 Å². The van der Waals surface area contributed by atoms with Gasteiger partial charge < -0.3 is 5.73 Å². The number of anilines is 1. The van der Waals surface area contributed by atoms with Crippen molar-refractivity contribution in [1.29, 1.82) is 0 Å². The molecule has 0 atom stereocenters. The molecule has 3 aromatic carbocycles. The normalized spacial score (nSPS) is 10.7. The summed E-state index contributed by atoms with van der Waals surface area (Å²) in [4.78, 5) is 0. The summed E-state index contributed by atoms with van der Waals surface area (Å²) in [6.07, 6.45) is 3.15. The Morgan fingerprint density at radius 3 is 1.78 bits per heavy atom. The van der Waals surface area contributed by atoms with Crippen molar-refractivity contribution in [1.82, 2.24) is 0 Å². The van der Waals surface area contributed by atoms with Crippen molar-refractivity contribution in [3.8, 4) is 11.1 Å². The SMILES string of the molecule is CCc1ccc(-c2ccc(CCc3cccc(N)c3)cc2)cc1. The van der Waals surface area contributed by atoms with E-state index < -0.39 is 0 Å². The van der Waals surface area contributed by atoms with Gasteiger partial charge in [0.25, 0.3) is 0 Å². The number of rotatable bonds is 5. The van der Waals surface area contributed by atoms with Crippen LogP contribution in [0.15, 0.2) is 72.8 Å². The van der Waals surface area contributed by atoms with Crippen molar-refractivity contribution in [2.45, 2.75) is 26.2 Å². The van der Waals surface area contributed by atoms with E-state index in [-0.39, 0.29) is 0 Å². The number of benzene rings is 3. The number of nitrogen functional groups attached to an aromatic ring is 1. The third-order valence-electron chi connectivity index (χ3n) is 4.30. The van der Waals surface area contributed by atoms with Gasteiger partial charge in [-0.15, -0.1) is 0 Å². The third-order valence-corrected chi connectivity index (χ3v) is 4.30. The highest BCUT2D eigenvalue weighted by Gasteiger charge is 2.00. The molecule has 0 bridgehead atoms. The summed E-state index contributed by atoms with van der Waals surface area (Å²) in [6.45, 7) is 2.18. The largest absolute Gasteiger partial charge is 0.399 e. The zero-order valence-corrected chi connectivity index (χ0v) is 13.6. The van der Waals surface area contributed by atoms with Gasteiger partial charge in [0.05, 0.1) is 0 Å². The van der Waals surface area contributed by atoms with Gasteiger partial charge in [0.2, 0.25) is 0 Å². The molecule has 2 N–H and O–H groups in total. The first-order valence-electron chi connectivity index (χ1n) is 8.27. The standard InChI is InChI=1S/C22H23N/c1-2-17-8-12-20(13-9-17)21-14-10-18(11-15-21)6-7-19-4-3-5-22(23)16-19/h3-5,8-16H,2,6-7,23H2,1H3. The molecule has 0 aliphatic carbocycles. The number of hydrogen-bond donors (Lipinski definition) is 1. The maximum atomic E-state index is 5.83. The zero-order valence-electron chi connectivity index (χ0n) is 13.6. The minimum Gasteiger partial charge on any atom is -0.399 e. The molecule has 3 aromatic rings. The van der Waals surface area contributed by atoms with Crippen molar-refractivity contribution in [3.63, 3.8) is 0 Å². The molecule has 0 aromatic heterocycles. The summed E-state index contributed by atoms with van der Waals surface area (Å²) in [5.74, 6) is 0. The molecule has 3 rings (SSSR count). The van der Waals surface area contributed by atoms with Gasteiger partial charge in [-0.2, -0.15) is 0 Å². The van der Waals surface area contributed by atoms with E-state index in [9.17, 15) is 0 Å². The Kier molecular flexibility index (Phi) is 4.77. The van der Waals surface area contributed by atoms with Gasteiger partial charge in [-0.1, -0.05) is 67.6 Å². The summed E-state index contributed by atoms with van der Waals surface area (Å²) in [5, 5.41) is 0. The fourth-order valence-corrected chi connectivity index (χ4v) is 2.83. The minimum absolute atomic E-state index is 0.841. The lowest BCUT2D eigenvalue weighted by Gasteiger charge is -2.06. The van der Waals surface area contributed by atoms with E-state index in [4.69, 9.17) is 5.73 Å². The topological polar surface area (TPSA) is 26.0 Å². The molecule has 1 nitrogen and oxygen atoms in total. The highest BCUT2D eigenvalue weighted by atomic mass is 14.5. The first kappa shape index (κ1) is 15.4. The average molecular weight is 301 g/mol. The van der Waals surface area contributed by atoms with Crippen molar-refractivity contribution in [3.05, 3.63) is 89.5 Å². The monoisotopic (exact) mass is 301 g/mol. The third kappa shape index (κ3) is 4.01.